The van der Waals surface area contributed by atoms with Crippen molar-refractivity contribution in [2.24, 2.45) is 0 Å². The van der Waals surface area contributed by atoms with Crippen LogP contribution >= 0.6 is 11.3 Å². The first kappa shape index (κ1) is 12.8. The van der Waals surface area contributed by atoms with E-state index >= 15 is 0 Å². The van der Waals surface area contributed by atoms with Crippen LogP contribution in [0.15, 0.2) is 30.5 Å². The SMILES string of the molecule is Cc1ccc(Cc2ncc(CCC(=O)O)s2)cc1. The summed E-state index contributed by atoms with van der Waals surface area (Å²) in [5, 5.41) is 9.67. The second-order valence-electron chi connectivity index (χ2n) is 4.28. The Morgan fingerprint density at radius 2 is 2.06 bits per heavy atom. The molecule has 4 heteroatoms. The second kappa shape index (κ2) is 5.78. The molecule has 0 saturated heterocycles. The summed E-state index contributed by atoms with van der Waals surface area (Å²) in [5.74, 6) is -0.761. The predicted octanol–water partition coefficient (Wildman–Crippen LogP) is 3.06. The highest BCUT2D eigenvalue weighted by Gasteiger charge is 2.05. The molecule has 0 saturated carbocycles. The van der Waals surface area contributed by atoms with Gasteiger partial charge in [0.05, 0.1) is 11.4 Å². The Hall–Kier alpha value is -1.68. The van der Waals surface area contributed by atoms with E-state index in [9.17, 15) is 4.79 Å². The Morgan fingerprint density at radius 3 is 2.72 bits per heavy atom. The number of aromatic nitrogens is 1. The van der Waals surface area contributed by atoms with E-state index in [0.717, 1.165) is 16.3 Å². The molecule has 0 aliphatic rings. The summed E-state index contributed by atoms with van der Waals surface area (Å²) in [5.41, 5.74) is 2.49. The van der Waals surface area contributed by atoms with Gasteiger partial charge in [-0.05, 0) is 18.9 Å². The molecule has 1 N–H and O–H groups in total. The molecule has 1 aromatic heterocycles. The zero-order valence-electron chi connectivity index (χ0n) is 10.2. The van der Waals surface area contributed by atoms with E-state index in [1.54, 1.807) is 17.5 Å². The van der Waals surface area contributed by atoms with E-state index in [1.807, 2.05) is 0 Å². The van der Waals surface area contributed by atoms with Crippen LogP contribution in [0.2, 0.25) is 0 Å². The number of hydrogen-bond donors (Lipinski definition) is 1. The molecule has 2 rings (SSSR count). The lowest BCUT2D eigenvalue weighted by atomic mass is 10.1. The number of thiazole rings is 1. The van der Waals surface area contributed by atoms with Crippen LogP contribution in [0, 0.1) is 6.92 Å². The zero-order valence-corrected chi connectivity index (χ0v) is 11.0. The third kappa shape index (κ3) is 3.67. The summed E-state index contributed by atoms with van der Waals surface area (Å²) in [4.78, 5) is 15.9. The van der Waals surface area contributed by atoms with Crippen LogP contribution < -0.4 is 0 Å². The largest absolute Gasteiger partial charge is 0.481 e. The lowest BCUT2D eigenvalue weighted by molar-refractivity contribution is -0.136. The van der Waals surface area contributed by atoms with Gasteiger partial charge >= 0.3 is 5.97 Å². The van der Waals surface area contributed by atoms with Gasteiger partial charge in [0.15, 0.2) is 0 Å². The van der Waals surface area contributed by atoms with Crippen LogP contribution in [0.3, 0.4) is 0 Å². The number of hydrogen-bond acceptors (Lipinski definition) is 3. The molecule has 0 radical (unpaired) electrons. The number of carbonyl (C=O) groups is 1. The molecule has 0 bridgehead atoms. The van der Waals surface area contributed by atoms with Gasteiger partial charge in [-0.2, -0.15) is 0 Å². The van der Waals surface area contributed by atoms with Crippen LogP contribution in [0.4, 0.5) is 0 Å². The monoisotopic (exact) mass is 261 g/mol. The smallest absolute Gasteiger partial charge is 0.303 e. The minimum Gasteiger partial charge on any atom is -0.481 e. The predicted molar refractivity (Wildman–Crippen MR) is 72.1 cm³/mol. The van der Waals surface area contributed by atoms with Crippen LogP contribution in [-0.2, 0) is 17.6 Å². The number of aliphatic carboxylic acids is 1. The number of nitrogens with zero attached hydrogens (tertiary/aromatic N) is 1. The summed E-state index contributed by atoms with van der Waals surface area (Å²) >= 11 is 1.60. The number of rotatable bonds is 5. The van der Waals surface area contributed by atoms with Gasteiger partial charge in [-0.1, -0.05) is 29.8 Å². The molecule has 0 amide bonds. The van der Waals surface area contributed by atoms with Crippen molar-refractivity contribution in [2.45, 2.75) is 26.2 Å². The molecule has 0 atom stereocenters. The molecule has 2 aromatic rings. The van der Waals surface area contributed by atoms with Gasteiger partial charge in [-0.3, -0.25) is 4.79 Å². The minimum atomic E-state index is -0.761. The summed E-state index contributed by atoms with van der Waals surface area (Å²) in [6, 6.07) is 8.39. The molecule has 0 aliphatic carbocycles. The molecule has 94 valence electrons. The first-order chi connectivity index (χ1) is 8.63. The highest BCUT2D eigenvalue weighted by Crippen LogP contribution is 2.18. The molecule has 3 nitrogen and oxygen atoms in total. The number of carboxylic acid groups (broad SMARTS) is 1. The average molecular weight is 261 g/mol. The quantitative estimate of drug-likeness (QED) is 0.900. The Balaban J connectivity index is 1.97. The fraction of sp³-hybridized carbons (Fsp3) is 0.286. The van der Waals surface area contributed by atoms with E-state index in [2.05, 4.69) is 36.2 Å². The number of carboxylic acids is 1. The van der Waals surface area contributed by atoms with E-state index in [4.69, 9.17) is 5.11 Å². The van der Waals surface area contributed by atoms with Crippen LogP contribution in [0.5, 0.6) is 0 Å². The summed E-state index contributed by atoms with van der Waals surface area (Å²) < 4.78 is 0. The third-order valence-corrected chi connectivity index (χ3v) is 3.72. The van der Waals surface area contributed by atoms with E-state index in [0.29, 0.717) is 6.42 Å². The molecule has 18 heavy (non-hydrogen) atoms. The Kier molecular flexibility index (Phi) is 4.10. The topological polar surface area (TPSA) is 50.2 Å². The Labute approximate surface area is 110 Å². The molecular weight excluding hydrogens is 246 g/mol. The van der Waals surface area contributed by atoms with Gasteiger partial charge in [0.25, 0.3) is 0 Å². The van der Waals surface area contributed by atoms with Gasteiger partial charge in [0.1, 0.15) is 0 Å². The number of benzene rings is 1. The lowest BCUT2D eigenvalue weighted by Gasteiger charge is -1.98. The van der Waals surface area contributed by atoms with E-state index in [-0.39, 0.29) is 6.42 Å². The van der Waals surface area contributed by atoms with Crippen molar-refractivity contribution in [1.29, 1.82) is 0 Å². The van der Waals surface area contributed by atoms with E-state index in [1.165, 1.54) is 11.1 Å². The zero-order chi connectivity index (χ0) is 13.0. The van der Waals surface area contributed by atoms with E-state index < -0.39 is 5.97 Å². The highest BCUT2D eigenvalue weighted by atomic mass is 32.1. The number of aryl methyl sites for hydroxylation is 2. The van der Waals surface area contributed by atoms with Crippen molar-refractivity contribution in [3.63, 3.8) is 0 Å². The fourth-order valence-corrected chi connectivity index (χ4v) is 2.61. The second-order valence-corrected chi connectivity index (χ2v) is 5.48. The first-order valence-electron chi connectivity index (χ1n) is 5.84. The Bertz CT molecular complexity index is 531. The van der Waals surface area contributed by atoms with Gasteiger partial charge < -0.3 is 5.11 Å². The minimum absolute atomic E-state index is 0.173. The van der Waals surface area contributed by atoms with Crippen molar-refractivity contribution in [3.05, 3.63) is 51.5 Å². The standard InChI is InChI=1S/C14H15NO2S/c1-10-2-4-11(5-3-10)8-13-15-9-12(18-13)6-7-14(16)17/h2-5,9H,6-8H2,1H3,(H,16,17). The fourth-order valence-electron chi connectivity index (χ4n) is 1.66. The maximum absolute atomic E-state index is 10.5. The summed E-state index contributed by atoms with van der Waals surface area (Å²) in [6.45, 7) is 2.07. The van der Waals surface area contributed by atoms with Crippen LogP contribution in [-0.4, -0.2) is 16.1 Å². The molecule has 0 aliphatic heterocycles. The molecular formula is C14H15NO2S. The van der Waals surface area contributed by atoms with Gasteiger partial charge in [0, 0.05) is 17.5 Å². The van der Waals surface area contributed by atoms with Crippen molar-refractivity contribution in [1.82, 2.24) is 4.98 Å². The van der Waals surface area contributed by atoms with Gasteiger partial charge in [-0.15, -0.1) is 11.3 Å². The van der Waals surface area contributed by atoms with Crippen molar-refractivity contribution in [3.8, 4) is 0 Å². The average Bonchev–Trinajstić information content (AvgIpc) is 2.77. The van der Waals surface area contributed by atoms with Crippen molar-refractivity contribution < 1.29 is 9.90 Å². The van der Waals surface area contributed by atoms with Crippen LogP contribution in [0.25, 0.3) is 0 Å². The van der Waals surface area contributed by atoms with Gasteiger partial charge in [-0.25, -0.2) is 4.98 Å². The third-order valence-electron chi connectivity index (χ3n) is 2.66. The van der Waals surface area contributed by atoms with Crippen molar-refractivity contribution in [2.75, 3.05) is 0 Å². The molecule has 0 unspecified atom stereocenters. The molecule has 1 aromatic carbocycles. The summed E-state index contributed by atoms with van der Waals surface area (Å²) in [7, 11) is 0. The normalized spacial score (nSPS) is 10.5. The van der Waals surface area contributed by atoms with Crippen molar-refractivity contribution >= 4 is 17.3 Å². The lowest BCUT2D eigenvalue weighted by Crippen LogP contribution is -1.95. The van der Waals surface area contributed by atoms with Crippen LogP contribution in [0.1, 0.15) is 27.4 Å². The first-order valence-corrected chi connectivity index (χ1v) is 6.66. The molecule has 0 spiro atoms. The maximum atomic E-state index is 10.5. The highest BCUT2D eigenvalue weighted by molar-refractivity contribution is 7.11. The Morgan fingerprint density at radius 1 is 1.33 bits per heavy atom. The molecule has 1 heterocycles. The summed E-state index contributed by atoms with van der Waals surface area (Å²) in [6.07, 6.45) is 3.35. The molecule has 0 fully saturated rings. The van der Waals surface area contributed by atoms with Gasteiger partial charge in [0.2, 0.25) is 0 Å². The maximum Gasteiger partial charge on any atom is 0.303 e.